The molecule has 4 aromatic rings. The maximum absolute atomic E-state index is 6.46. The van der Waals surface area contributed by atoms with Crippen molar-refractivity contribution in [3.63, 3.8) is 0 Å². The number of likely N-dealkylation sites (tertiary alicyclic amines) is 1. The van der Waals surface area contributed by atoms with E-state index < -0.39 is 0 Å². The molecule has 45 heavy (non-hydrogen) atoms. The molecule has 237 valence electrons. The fraction of sp³-hybridized carbons (Fsp3) is 0.333. The molecule has 9 nitrogen and oxygen atoms in total. The Kier molecular flexibility index (Phi) is 17.6. The van der Waals surface area contributed by atoms with E-state index in [2.05, 4.69) is 101 Å². The fourth-order valence-corrected chi connectivity index (χ4v) is 4.58. The van der Waals surface area contributed by atoms with Gasteiger partial charge in [-0.3, -0.25) is 10.8 Å². The molecule has 0 bridgehead atoms. The number of hydrogen-bond acceptors (Lipinski definition) is 9. The van der Waals surface area contributed by atoms with Gasteiger partial charge in [0, 0.05) is 41.8 Å². The molecule has 1 fully saturated rings. The number of halogens is 4. The zero-order valence-electron chi connectivity index (χ0n) is 25.5. The van der Waals surface area contributed by atoms with Gasteiger partial charge in [-0.1, -0.05) is 18.5 Å². The average Bonchev–Trinajstić information content (AvgIpc) is 3.51. The van der Waals surface area contributed by atoms with Crippen molar-refractivity contribution >= 4 is 84.9 Å². The van der Waals surface area contributed by atoms with Gasteiger partial charge >= 0.3 is 3.18 Å². The van der Waals surface area contributed by atoms with Crippen LogP contribution in [-0.2, 0) is 18.6 Å². The number of hydrogen-bond donors (Lipinski definition) is 1. The molecule has 1 aliphatic heterocycles. The molecule has 2 aromatic carbocycles. The van der Waals surface area contributed by atoms with Crippen LogP contribution in [0.1, 0.15) is 31.2 Å². The molecule has 0 unspecified atom stereocenters. The van der Waals surface area contributed by atoms with Gasteiger partial charge < -0.3 is 20.7 Å². The third-order valence-electron chi connectivity index (χ3n) is 6.32. The van der Waals surface area contributed by atoms with Crippen LogP contribution in [0.2, 0.25) is 5.02 Å². The summed E-state index contributed by atoms with van der Waals surface area (Å²) in [6, 6.07) is 11.3. The van der Waals surface area contributed by atoms with E-state index in [-0.39, 0.29) is 21.7 Å². The number of rotatable bonds is 8. The summed E-state index contributed by atoms with van der Waals surface area (Å²) < 4.78 is 11.5. The summed E-state index contributed by atoms with van der Waals surface area (Å²) in [6.07, 6.45) is 2.52. The molecule has 3 heterocycles. The van der Waals surface area contributed by atoms with Gasteiger partial charge in [0.15, 0.2) is 0 Å². The van der Waals surface area contributed by atoms with Gasteiger partial charge in [-0.25, -0.2) is 9.97 Å². The number of anilines is 2. The fourth-order valence-electron chi connectivity index (χ4n) is 4.35. The molecule has 1 aliphatic rings. The van der Waals surface area contributed by atoms with Crippen molar-refractivity contribution in [2.24, 2.45) is 0 Å². The SMILES string of the molecule is BrB(Br)Br.COc1ccc(Cl)c(-c2cc(C)c3nc(Nc4cc(OCCN5CCCC5)nc(C)n4)nnc3c2)c1.[CH2-]C#CC.[V]. The largest absolute Gasteiger partial charge is 0.497 e. The predicted molar refractivity (Wildman–Crippen MR) is 192 cm³/mol. The second-order valence-corrected chi connectivity index (χ2v) is 16.3. The van der Waals surface area contributed by atoms with Crippen molar-refractivity contribution < 1.29 is 28.0 Å². The summed E-state index contributed by atoms with van der Waals surface area (Å²) in [5, 5.41) is 12.4. The minimum Gasteiger partial charge on any atom is -0.497 e. The van der Waals surface area contributed by atoms with Gasteiger partial charge in [-0.15, -0.1) is 57.5 Å². The number of aryl methyl sites for hydroxylation is 2. The number of fused-ring (bicyclic) bond motifs is 1. The van der Waals surface area contributed by atoms with E-state index >= 15 is 0 Å². The van der Waals surface area contributed by atoms with Crippen molar-refractivity contribution in [3.8, 4) is 34.6 Å². The Labute approximate surface area is 307 Å². The van der Waals surface area contributed by atoms with E-state index in [1.165, 1.54) is 12.8 Å². The monoisotopic (exact) mass is 857 g/mol. The quantitative estimate of drug-likeness (QED) is 0.108. The normalized spacial score (nSPS) is 11.9. The van der Waals surface area contributed by atoms with Crippen molar-refractivity contribution in [3.05, 3.63) is 59.7 Å². The number of ether oxygens (including phenoxy) is 2. The summed E-state index contributed by atoms with van der Waals surface area (Å²) in [5.41, 5.74) is 4.13. The van der Waals surface area contributed by atoms with E-state index in [1.807, 2.05) is 44.2 Å². The number of nitrogens with one attached hydrogen (secondary N) is 1. The van der Waals surface area contributed by atoms with Crippen LogP contribution in [0, 0.1) is 32.6 Å². The van der Waals surface area contributed by atoms with Gasteiger partial charge in [0.2, 0.25) is 11.8 Å². The third-order valence-corrected chi connectivity index (χ3v) is 6.65. The van der Waals surface area contributed by atoms with E-state index in [1.54, 1.807) is 20.1 Å². The van der Waals surface area contributed by atoms with E-state index in [9.17, 15) is 0 Å². The molecule has 1 N–H and O–H groups in total. The molecule has 5 rings (SSSR count). The summed E-state index contributed by atoms with van der Waals surface area (Å²) in [6.45, 7) is 12.6. The molecule has 2 aromatic heterocycles. The van der Waals surface area contributed by atoms with Crippen LogP contribution in [-0.4, -0.2) is 66.6 Å². The average molecular weight is 861 g/mol. The number of benzene rings is 2. The second-order valence-electron chi connectivity index (χ2n) is 9.48. The maximum atomic E-state index is 6.46. The molecular weight excluding hydrogens is 827 g/mol. The zero-order chi connectivity index (χ0) is 32.1. The van der Waals surface area contributed by atoms with Crippen LogP contribution in [0.4, 0.5) is 11.8 Å². The van der Waals surface area contributed by atoms with Crippen LogP contribution in [0.25, 0.3) is 22.2 Å². The van der Waals surface area contributed by atoms with Gasteiger partial charge in [0.25, 0.3) is 0 Å². The minimum absolute atomic E-state index is 0. The predicted octanol–water partition coefficient (Wildman–Crippen LogP) is 7.98. The van der Waals surface area contributed by atoms with Gasteiger partial charge in [0.1, 0.15) is 29.5 Å². The third kappa shape index (κ3) is 12.9. The van der Waals surface area contributed by atoms with Crippen molar-refractivity contribution in [2.75, 3.05) is 38.7 Å². The Morgan fingerprint density at radius 1 is 1.04 bits per heavy atom. The van der Waals surface area contributed by atoms with Crippen LogP contribution >= 0.6 is 58.9 Å². The van der Waals surface area contributed by atoms with E-state index in [0.717, 1.165) is 47.6 Å². The molecule has 1 saturated heterocycles. The number of nitrogens with zero attached hydrogens (tertiary/aromatic N) is 6. The smallest absolute Gasteiger partial charge is 0.369 e. The standard InChI is InChI=1S/C26H28ClN7O2.C4H5.BBr3.V/c1-16-12-18(20-14-19(35-3)6-7-21(20)27)13-22-25(16)31-26(33-32-22)30-23-15-24(29-17(2)28-23)36-11-10-34-8-4-5-9-34;1-3-4-2;2-1(3)4;/h6-7,12-15H,4-5,8-11H2,1-3H3,(H,28,29,30,31,33);1H2,2H3;;/q;-1;;. The van der Waals surface area contributed by atoms with E-state index in [4.69, 9.17) is 21.1 Å². The summed E-state index contributed by atoms with van der Waals surface area (Å²) in [4.78, 5) is 15.9. The van der Waals surface area contributed by atoms with Crippen LogP contribution in [0.15, 0.2) is 36.4 Å². The van der Waals surface area contributed by atoms with Gasteiger partial charge in [-0.2, -0.15) is 11.9 Å². The Balaban J connectivity index is 0.000000704. The van der Waals surface area contributed by atoms with Gasteiger partial charge in [-0.05, 0) is 81.2 Å². The van der Waals surface area contributed by atoms with E-state index in [0.29, 0.717) is 40.6 Å². The molecule has 0 saturated carbocycles. The van der Waals surface area contributed by atoms with Crippen LogP contribution < -0.4 is 14.8 Å². The molecule has 1 radical (unpaired) electrons. The van der Waals surface area contributed by atoms with Gasteiger partial charge in [0.05, 0.1) is 12.6 Å². The summed E-state index contributed by atoms with van der Waals surface area (Å²) in [5.74, 6) is 7.75. The van der Waals surface area contributed by atoms with Crippen molar-refractivity contribution in [2.45, 2.75) is 33.6 Å². The first-order valence-electron chi connectivity index (χ1n) is 13.7. The van der Waals surface area contributed by atoms with Crippen molar-refractivity contribution in [1.82, 2.24) is 30.0 Å². The first kappa shape index (κ1) is 39.1. The summed E-state index contributed by atoms with van der Waals surface area (Å²) >= 11 is 15.8. The second kappa shape index (κ2) is 20.3. The van der Waals surface area contributed by atoms with Crippen molar-refractivity contribution in [1.29, 1.82) is 0 Å². The molecule has 0 atom stereocenters. The molecule has 0 aliphatic carbocycles. The summed E-state index contributed by atoms with van der Waals surface area (Å²) in [7, 11) is 1.63. The first-order chi connectivity index (χ1) is 21.1. The molecule has 0 amide bonds. The Morgan fingerprint density at radius 2 is 1.73 bits per heavy atom. The maximum Gasteiger partial charge on any atom is 0.369 e. The Hall–Kier alpha value is -2.04. The van der Waals surface area contributed by atoms with Crippen LogP contribution in [0.3, 0.4) is 0 Å². The minimum atomic E-state index is 0. The Bertz CT molecular complexity index is 1600. The molecule has 0 spiro atoms. The molecular formula is C30H33BBr3ClN7O2V-. The molecule has 15 heteroatoms. The Morgan fingerprint density at radius 3 is 2.38 bits per heavy atom. The van der Waals surface area contributed by atoms with Crippen LogP contribution in [0.5, 0.6) is 11.6 Å². The topological polar surface area (TPSA) is 98.2 Å². The zero-order valence-corrected chi connectivity index (χ0v) is 32.4. The number of methoxy groups -OCH3 is 1. The first-order valence-corrected chi connectivity index (χ1v) is 16.8. The number of aromatic nitrogens is 5.